The number of carbonyl (C=O) groups excluding carboxylic acids is 1. The number of hydrogen-bond acceptors (Lipinski definition) is 4. The van der Waals surface area contributed by atoms with E-state index >= 15 is 0 Å². The van der Waals surface area contributed by atoms with Crippen LogP contribution >= 0.6 is 12.4 Å². The first-order valence-corrected chi connectivity index (χ1v) is 10.8. The number of benzene rings is 1. The molecule has 0 radical (unpaired) electrons. The number of hydrogen-bond donors (Lipinski definition) is 1. The Balaban J connectivity index is 0.00000243. The van der Waals surface area contributed by atoms with E-state index in [9.17, 15) is 13.2 Å². The maximum Gasteiger partial charge on any atom is 0.254 e. The van der Waals surface area contributed by atoms with E-state index in [4.69, 9.17) is 0 Å². The number of nitrogens with one attached hydrogen (secondary N) is 1. The highest BCUT2D eigenvalue weighted by molar-refractivity contribution is 7.93. The van der Waals surface area contributed by atoms with Crippen molar-refractivity contribution in [1.29, 1.82) is 0 Å². The van der Waals surface area contributed by atoms with Gasteiger partial charge in [0.2, 0.25) is 10.0 Å². The minimum Gasteiger partial charge on any atom is -0.336 e. The van der Waals surface area contributed by atoms with Gasteiger partial charge in [-0.3, -0.25) is 9.10 Å². The zero-order chi connectivity index (χ0) is 17.9. The van der Waals surface area contributed by atoms with Gasteiger partial charge >= 0.3 is 0 Å². The molecule has 0 spiro atoms. The average Bonchev–Trinajstić information content (AvgIpc) is 2.99. The highest BCUT2D eigenvalue weighted by Crippen LogP contribution is 2.26. The topological polar surface area (TPSA) is 69.7 Å². The summed E-state index contributed by atoms with van der Waals surface area (Å²) in [5, 5.41) is 3.33. The summed E-state index contributed by atoms with van der Waals surface area (Å²) in [6.07, 6.45) is 3.48. The van der Waals surface area contributed by atoms with Gasteiger partial charge < -0.3 is 10.2 Å². The third-order valence-corrected chi connectivity index (χ3v) is 6.82. The lowest BCUT2D eigenvalue weighted by molar-refractivity contribution is 0.0642. The van der Waals surface area contributed by atoms with Gasteiger partial charge in [-0.15, -0.1) is 12.4 Å². The molecule has 0 saturated carbocycles. The van der Waals surface area contributed by atoms with Crippen LogP contribution in [0, 0.1) is 0 Å². The van der Waals surface area contributed by atoms with Gasteiger partial charge in [0, 0.05) is 24.7 Å². The van der Waals surface area contributed by atoms with Crippen molar-refractivity contribution in [3.8, 4) is 0 Å². The monoisotopic (exact) mass is 401 g/mol. The molecule has 2 fully saturated rings. The number of nitrogens with zero attached hydrogens (tertiary/aromatic N) is 2. The Kier molecular flexibility index (Phi) is 7.32. The standard InChI is InChI=1S/C18H27N3O3S.ClH/c1-2-11-20(16-7-9-19-10-8-16)18(22)15-5-3-6-17(14-15)21-12-4-13-25(21,23)24;/h3,5-6,14,16,19H,2,4,7-13H2,1H3;1H. The minimum atomic E-state index is -3.23. The second-order valence-corrected chi connectivity index (χ2v) is 8.78. The summed E-state index contributed by atoms with van der Waals surface area (Å²) in [5.41, 5.74) is 1.18. The van der Waals surface area contributed by atoms with Crippen molar-refractivity contribution in [1.82, 2.24) is 10.2 Å². The van der Waals surface area contributed by atoms with Crippen LogP contribution in [0.3, 0.4) is 0 Å². The highest BCUT2D eigenvalue weighted by Gasteiger charge is 2.30. The molecule has 1 N–H and O–H groups in total. The summed E-state index contributed by atoms with van der Waals surface area (Å²) in [6.45, 7) is 5.17. The first kappa shape index (κ1) is 21.0. The first-order valence-electron chi connectivity index (χ1n) is 9.15. The summed E-state index contributed by atoms with van der Waals surface area (Å²) in [4.78, 5) is 15.1. The molecule has 2 saturated heterocycles. The zero-order valence-corrected chi connectivity index (χ0v) is 16.8. The molecule has 3 rings (SSSR count). The largest absolute Gasteiger partial charge is 0.336 e. The van der Waals surface area contributed by atoms with E-state index in [0.717, 1.165) is 38.9 Å². The van der Waals surface area contributed by atoms with Crippen LogP contribution in [0.4, 0.5) is 5.69 Å². The minimum absolute atomic E-state index is 0. The number of amides is 1. The van der Waals surface area contributed by atoms with Crippen LogP contribution in [0.2, 0.25) is 0 Å². The fourth-order valence-electron chi connectivity index (χ4n) is 3.70. The van der Waals surface area contributed by atoms with E-state index in [0.29, 0.717) is 24.2 Å². The van der Waals surface area contributed by atoms with Crippen molar-refractivity contribution < 1.29 is 13.2 Å². The SMILES string of the molecule is CCCN(C(=O)c1cccc(N2CCCS2(=O)=O)c1)C1CCNCC1.Cl. The second-order valence-electron chi connectivity index (χ2n) is 6.77. The number of anilines is 1. The summed E-state index contributed by atoms with van der Waals surface area (Å²) >= 11 is 0. The van der Waals surface area contributed by atoms with Gasteiger partial charge in [0.1, 0.15) is 0 Å². The van der Waals surface area contributed by atoms with Crippen LogP contribution < -0.4 is 9.62 Å². The Morgan fingerprint density at radius 3 is 2.65 bits per heavy atom. The second kappa shape index (κ2) is 9.06. The van der Waals surface area contributed by atoms with Crippen LogP contribution in [-0.2, 0) is 10.0 Å². The third-order valence-electron chi connectivity index (χ3n) is 4.96. The molecule has 146 valence electrons. The molecular weight excluding hydrogens is 374 g/mol. The molecular formula is C18H28ClN3O3S. The van der Waals surface area contributed by atoms with Crippen molar-refractivity contribution >= 4 is 34.0 Å². The molecule has 0 unspecified atom stereocenters. The lowest BCUT2D eigenvalue weighted by Crippen LogP contribution is -2.46. The van der Waals surface area contributed by atoms with E-state index in [2.05, 4.69) is 12.2 Å². The van der Waals surface area contributed by atoms with Crippen molar-refractivity contribution in [3.63, 3.8) is 0 Å². The molecule has 0 aromatic heterocycles. The van der Waals surface area contributed by atoms with Gasteiger partial charge in [-0.1, -0.05) is 13.0 Å². The van der Waals surface area contributed by atoms with E-state index < -0.39 is 10.0 Å². The predicted molar refractivity (Wildman–Crippen MR) is 107 cm³/mol. The molecule has 0 aliphatic carbocycles. The van der Waals surface area contributed by atoms with Gasteiger partial charge in [-0.25, -0.2) is 8.42 Å². The van der Waals surface area contributed by atoms with Gasteiger partial charge in [-0.05, 0) is 57.0 Å². The number of rotatable bonds is 5. The van der Waals surface area contributed by atoms with Crippen molar-refractivity contribution in [3.05, 3.63) is 29.8 Å². The van der Waals surface area contributed by atoms with Gasteiger partial charge in [0.25, 0.3) is 5.91 Å². The molecule has 2 aliphatic rings. The molecule has 1 aromatic rings. The molecule has 1 aromatic carbocycles. The van der Waals surface area contributed by atoms with Crippen LogP contribution in [-0.4, -0.2) is 57.2 Å². The van der Waals surface area contributed by atoms with Crippen molar-refractivity contribution in [2.45, 2.75) is 38.6 Å². The van der Waals surface area contributed by atoms with Crippen LogP contribution in [0.25, 0.3) is 0 Å². The van der Waals surface area contributed by atoms with E-state index in [1.54, 1.807) is 24.3 Å². The maximum absolute atomic E-state index is 13.1. The predicted octanol–water partition coefficient (Wildman–Crippen LogP) is 2.25. The smallest absolute Gasteiger partial charge is 0.254 e. The molecule has 1 amide bonds. The molecule has 0 atom stereocenters. The lowest BCUT2D eigenvalue weighted by atomic mass is 10.0. The van der Waals surface area contributed by atoms with Crippen molar-refractivity contribution in [2.75, 3.05) is 36.2 Å². The number of sulfonamides is 1. The van der Waals surface area contributed by atoms with Gasteiger partial charge in [0.05, 0.1) is 11.4 Å². The molecule has 0 bridgehead atoms. The maximum atomic E-state index is 13.1. The Morgan fingerprint density at radius 2 is 2.04 bits per heavy atom. The van der Waals surface area contributed by atoms with E-state index in [1.165, 1.54) is 4.31 Å². The summed E-state index contributed by atoms with van der Waals surface area (Å²) in [7, 11) is -3.23. The van der Waals surface area contributed by atoms with Gasteiger partial charge in [-0.2, -0.15) is 0 Å². The van der Waals surface area contributed by atoms with E-state index in [1.807, 2.05) is 4.90 Å². The Bertz CT molecular complexity index is 720. The molecule has 2 heterocycles. The van der Waals surface area contributed by atoms with E-state index in [-0.39, 0.29) is 30.1 Å². The summed E-state index contributed by atoms with van der Waals surface area (Å²) in [5.74, 6) is 0.189. The number of piperidine rings is 1. The Labute approximate surface area is 162 Å². The Hall–Kier alpha value is -1.31. The van der Waals surface area contributed by atoms with Gasteiger partial charge in [0.15, 0.2) is 0 Å². The molecule has 8 heteroatoms. The number of carbonyl (C=O) groups is 1. The average molecular weight is 402 g/mol. The summed E-state index contributed by atoms with van der Waals surface area (Å²) < 4.78 is 25.7. The molecule has 6 nitrogen and oxygen atoms in total. The van der Waals surface area contributed by atoms with Crippen LogP contribution in [0.15, 0.2) is 24.3 Å². The fraction of sp³-hybridized carbons (Fsp3) is 0.611. The fourth-order valence-corrected chi connectivity index (χ4v) is 5.25. The highest BCUT2D eigenvalue weighted by atomic mass is 35.5. The summed E-state index contributed by atoms with van der Waals surface area (Å²) in [6, 6.07) is 7.33. The van der Waals surface area contributed by atoms with Crippen LogP contribution in [0.5, 0.6) is 0 Å². The quantitative estimate of drug-likeness (QED) is 0.821. The normalized spacial score (nSPS) is 19.8. The van der Waals surface area contributed by atoms with Crippen molar-refractivity contribution in [2.24, 2.45) is 0 Å². The molecule has 26 heavy (non-hydrogen) atoms. The van der Waals surface area contributed by atoms with Crippen LogP contribution in [0.1, 0.15) is 43.0 Å². The lowest BCUT2D eigenvalue weighted by Gasteiger charge is -2.34. The number of halogens is 1. The molecule has 2 aliphatic heterocycles. The Morgan fingerprint density at radius 1 is 1.31 bits per heavy atom. The zero-order valence-electron chi connectivity index (χ0n) is 15.2. The third kappa shape index (κ3) is 4.50. The first-order chi connectivity index (χ1) is 12.0.